The Morgan fingerprint density at radius 2 is 2.06 bits per heavy atom. The Kier molecular flexibility index (Phi) is 4.72. The number of hydrogen-bond donors (Lipinski definition) is 1. The zero-order valence-electron chi connectivity index (χ0n) is 11.3. The molecule has 2 unspecified atom stereocenters. The lowest BCUT2D eigenvalue weighted by molar-refractivity contribution is 0.230. The van der Waals surface area contributed by atoms with Crippen LogP contribution in [0.2, 0.25) is 0 Å². The Hall–Kier alpha value is -0.930. The average Bonchev–Trinajstić information content (AvgIpc) is 2.32. The highest BCUT2D eigenvalue weighted by atomic mass is 19.1. The molecule has 0 aromatic heterocycles. The van der Waals surface area contributed by atoms with Crippen LogP contribution in [0.4, 0.5) is 4.39 Å². The van der Waals surface area contributed by atoms with E-state index in [1.54, 1.807) is 0 Å². The lowest BCUT2D eigenvalue weighted by Gasteiger charge is -2.31. The van der Waals surface area contributed by atoms with Gasteiger partial charge in [-0.1, -0.05) is 19.1 Å². The highest BCUT2D eigenvalue weighted by molar-refractivity contribution is 5.15. The van der Waals surface area contributed by atoms with Crippen LogP contribution in [0.3, 0.4) is 0 Å². The zero-order valence-corrected chi connectivity index (χ0v) is 11.3. The maximum absolute atomic E-state index is 12.8. The van der Waals surface area contributed by atoms with Crippen molar-refractivity contribution in [3.63, 3.8) is 0 Å². The van der Waals surface area contributed by atoms with Crippen molar-refractivity contribution in [1.82, 2.24) is 10.2 Å². The van der Waals surface area contributed by atoms with E-state index in [2.05, 4.69) is 24.2 Å². The van der Waals surface area contributed by atoms with Gasteiger partial charge in [-0.05, 0) is 50.0 Å². The number of rotatable bonds is 4. The van der Waals surface area contributed by atoms with E-state index in [0.29, 0.717) is 6.04 Å². The quantitative estimate of drug-likeness (QED) is 0.883. The molecule has 1 aromatic rings. The van der Waals surface area contributed by atoms with Gasteiger partial charge in [-0.15, -0.1) is 0 Å². The van der Waals surface area contributed by atoms with Crippen molar-refractivity contribution in [2.24, 2.45) is 5.92 Å². The summed E-state index contributed by atoms with van der Waals surface area (Å²) >= 11 is 0. The molecule has 0 saturated carbocycles. The van der Waals surface area contributed by atoms with Crippen LogP contribution in [0.1, 0.15) is 25.3 Å². The number of nitrogens with one attached hydrogen (secondary N) is 1. The van der Waals surface area contributed by atoms with Crippen LogP contribution < -0.4 is 5.32 Å². The largest absolute Gasteiger partial charge is 0.313 e. The molecule has 0 amide bonds. The summed E-state index contributed by atoms with van der Waals surface area (Å²) in [6, 6.07) is 7.39. The fourth-order valence-corrected chi connectivity index (χ4v) is 2.70. The highest BCUT2D eigenvalue weighted by Crippen LogP contribution is 2.16. The monoisotopic (exact) mass is 250 g/mol. The van der Waals surface area contributed by atoms with Crippen molar-refractivity contribution in [3.8, 4) is 0 Å². The minimum atomic E-state index is -0.163. The standard InChI is InChI=1S/C15H23FN2/c1-12-7-8-17-15(9-12)11-18(2)10-13-3-5-14(16)6-4-13/h3-6,12,15,17H,7-11H2,1-2H3. The van der Waals surface area contributed by atoms with Gasteiger partial charge in [-0.2, -0.15) is 0 Å². The molecule has 0 bridgehead atoms. The first-order chi connectivity index (χ1) is 8.63. The topological polar surface area (TPSA) is 15.3 Å². The molecule has 1 saturated heterocycles. The summed E-state index contributed by atoms with van der Waals surface area (Å²) < 4.78 is 12.8. The molecule has 0 aliphatic carbocycles. The van der Waals surface area contributed by atoms with E-state index in [1.165, 1.54) is 30.5 Å². The van der Waals surface area contributed by atoms with Crippen LogP contribution in [-0.2, 0) is 6.54 Å². The second-order valence-corrected chi connectivity index (χ2v) is 5.60. The molecular weight excluding hydrogens is 227 g/mol. The van der Waals surface area contributed by atoms with Crippen LogP contribution >= 0.6 is 0 Å². The first-order valence-corrected chi connectivity index (χ1v) is 6.80. The van der Waals surface area contributed by atoms with Crippen LogP contribution in [0.15, 0.2) is 24.3 Å². The third kappa shape index (κ3) is 4.07. The number of piperidine rings is 1. The molecule has 0 spiro atoms. The predicted octanol–water partition coefficient (Wildman–Crippen LogP) is 2.65. The second kappa shape index (κ2) is 6.30. The molecule has 2 nitrogen and oxygen atoms in total. The van der Waals surface area contributed by atoms with E-state index in [1.807, 2.05) is 12.1 Å². The van der Waals surface area contributed by atoms with Gasteiger partial charge in [-0.3, -0.25) is 0 Å². The van der Waals surface area contributed by atoms with Gasteiger partial charge < -0.3 is 10.2 Å². The number of halogens is 1. The summed E-state index contributed by atoms with van der Waals surface area (Å²) in [5.74, 6) is 0.666. The molecular formula is C15H23FN2. The van der Waals surface area contributed by atoms with Gasteiger partial charge in [0.05, 0.1) is 0 Å². The Morgan fingerprint density at radius 3 is 2.72 bits per heavy atom. The van der Waals surface area contributed by atoms with E-state index < -0.39 is 0 Å². The zero-order chi connectivity index (χ0) is 13.0. The minimum Gasteiger partial charge on any atom is -0.313 e. The van der Waals surface area contributed by atoms with Gasteiger partial charge in [0.2, 0.25) is 0 Å². The van der Waals surface area contributed by atoms with E-state index in [0.717, 1.165) is 25.6 Å². The fraction of sp³-hybridized carbons (Fsp3) is 0.600. The van der Waals surface area contributed by atoms with Gasteiger partial charge in [0.1, 0.15) is 5.82 Å². The van der Waals surface area contributed by atoms with Crippen molar-refractivity contribution in [1.29, 1.82) is 0 Å². The predicted molar refractivity (Wildman–Crippen MR) is 72.9 cm³/mol. The number of benzene rings is 1. The summed E-state index contributed by atoms with van der Waals surface area (Å²) in [6.07, 6.45) is 2.55. The van der Waals surface area contributed by atoms with Crippen molar-refractivity contribution < 1.29 is 4.39 Å². The van der Waals surface area contributed by atoms with E-state index in [-0.39, 0.29) is 5.82 Å². The number of nitrogens with zero attached hydrogens (tertiary/aromatic N) is 1. The summed E-state index contributed by atoms with van der Waals surface area (Å²) in [7, 11) is 2.13. The maximum Gasteiger partial charge on any atom is 0.123 e. The Morgan fingerprint density at radius 1 is 1.33 bits per heavy atom. The SMILES string of the molecule is CC1CCNC(CN(C)Cc2ccc(F)cc2)C1. The molecule has 1 fully saturated rings. The van der Waals surface area contributed by atoms with Gasteiger partial charge >= 0.3 is 0 Å². The van der Waals surface area contributed by atoms with Gasteiger partial charge in [0, 0.05) is 19.1 Å². The summed E-state index contributed by atoms with van der Waals surface area (Å²) in [5, 5.41) is 3.57. The molecule has 0 radical (unpaired) electrons. The molecule has 1 aliphatic heterocycles. The number of hydrogen-bond acceptors (Lipinski definition) is 2. The summed E-state index contributed by atoms with van der Waals surface area (Å²) in [4.78, 5) is 2.31. The maximum atomic E-state index is 12.8. The molecule has 1 heterocycles. The normalized spacial score (nSPS) is 24.4. The third-order valence-electron chi connectivity index (χ3n) is 3.65. The lowest BCUT2D eigenvalue weighted by atomic mass is 9.94. The summed E-state index contributed by atoms with van der Waals surface area (Å²) in [5.41, 5.74) is 1.17. The van der Waals surface area contributed by atoms with Crippen LogP contribution in [0.25, 0.3) is 0 Å². The Balaban J connectivity index is 1.81. The van der Waals surface area contributed by atoms with Crippen LogP contribution in [0.5, 0.6) is 0 Å². The first-order valence-electron chi connectivity index (χ1n) is 6.80. The van der Waals surface area contributed by atoms with Crippen molar-refractivity contribution >= 4 is 0 Å². The highest BCUT2D eigenvalue weighted by Gasteiger charge is 2.19. The first kappa shape index (κ1) is 13.5. The average molecular weight is 250 g/mol. The molecule has 2 rings (SSSR count). The smallest absolute Gasteiger partial charge is 0.123 e. The van der Waals surface area contributed by atoms with Crippen molar-refractivity contribution in [2.45, 2.75) is 32.4 Å². The van der Waals surface area contributed by atoms with E-state index in [9.17, 15) is 4.39 Å². The summed E-state index contributed by atoms with van der Waals surface area (Å²) in [6.45, 7) is 5.40. The molecule has 1 N–H and O–H groups in total. The van der Waals surface area contributed by atoms with E-state index in [4.69, 9.17) is 0 Å². The van der Waals surface area contributed by atoms with E-state index >= 15 is 0 Å². The van der Waals surface area contributed by atoms with Crippen LogP contribution in [-0.4, -0.2) is 31.1 Å². The van der Waals surface area contributed by atoms with Crippen molar-refractivity contribution in [3.05, 3.63) is 35.6 Å². The van der Waals surface area contributed by atoms with Crippen molar-refractivity contribution in [2.75, 3.05) is 20.1 Å². The molecule has 1 aliphatic rings. The Labute approximate surface area is 109 Å². The third-order valence-corrected chi connectivity index (χ3v) is 3.65. The van der Waals surface area contributed by atoms with Gasteiger partial charge in [0.15, 0.2) is 0 Å². The molecule has 2 atom stereocenters. The van der Waals surface area contributed by atoms with Gasteiger partial charge in [0.25, 0.3) is 0 Å². The molecule has 3 heteroatoms. The second-order valence-electron chi connectivity index (χ2n) is 5.60. The number of likely N-dealkylation sites (N-methyl/N-ethyl adjacent to an activating group) is 1. The lowest BCUT2D eigenvalue weighted by Crippen LogP contribution is -2.44. The fourth-order valence-electron chi connectivity index (χ4n) is 2.70. The Bertz CT molecular complexity index is 363. The minimum absolute atomic E-state index is 0.163. The molecule has 1 aromatic carbocycles. The van der Waals surface area contributed by atoms with Gasteiger partial charge in [-0.25, -0.2) is 4.39 Å². The molecule has 18 heavy (non-hydrogen) atoms. The molecule has 100 valence electrons. The van der Waals surface area contributed by atoms with Crippen LogP contribution in [0, 0.1) is 11.7 Å².